The van der Waals surface area contributed by atoms with Crippen molar-refractivity contribution in [3.8, 4) is 11.5 Å². The minimum absolute atomic E-state index is 0.652. The zero-order chi connectivity index (χ0) is 8.55. The molecule has 0 unspecified atom stereocenters. The van der Waals surface area contributed by atoms with Crippen LogP contribution in [0.25, 0.3) is 11.5 Å². The lowest BCUT2D eigenvalue weighted by Gasteiger charge is -1.84. The number of nitrogens with one attached hydrogen (secondary N) is 1. The molecule has 62 valence electrons. The van der Waals surface area contributed by atoms with Gasteiger partial charge in [0.05, 0.1) is 0 Å². The third-order valence-electron chi connectivity index (χ3n) is 1.56. The minimum Gasteiger partial charge on any atom is -0.449 e. The maximum absolute atomic E-state index is 5.06. The molecule has 0 bridgehead atoms. The Balaban J connectivity index is 2.43. The van der Waals surface area contributed by atoms with E-state index in [4.69, 9.17) is 4.42 Å². The predicted molar refractivity (Wildman–Crippen MR) is 43.6 cm³/mol. The summed E-state index contributed by atoms with van der Waals surface area (Å²) < 4.78 is 5.06. The molecule has 0 amide bonds. The average Bonchev–Trinajstić information content (AvgIpc) is 2.58. The predicted octanol–water partition coefficient (Wildman–Crippen LogP) is 1.68. The van der Waals surface area contributed by atoms with Crippen molar-refractivity contribution in [1.29, 1.82) is 0 Å². The Kier molecular flexibility index (Phi) is 1.46. The number of aromatic nitrogens is 3. The van der Waals surface area contributed by atoms with Crippen molar-refractivity contribution in [3.05, 3.63) is 24.0 Å². The van der Waals surface area contributed by atoms with Gasteiger partial charge in [0.1, 0.15) is 12.0 Å². The maximum atomic E-state index is 5.06. The van der Waals surface area contributed by atoms with Crippen LogP contribution in [0.1, 0.15) is 11.6 Å². The zero-order valence-electron chi connectivity index (χ0n) is 6.96. The Morgan fingerprint density at radius 3 is 2.75 bits per heavy atom. The third kappa shape index (κ3) is 1.11. The van der Waals surface area contributed by atoms with E-state index in [1.807, 2.05) is 6.92 Å². The Bertz CT molecular complexity index is 350. The van der Waals surface area contributed by atoms with Gasteiger partial charge in [-0.2, -0.15) is 0 Å². The van der Waals surface area contributed by atoms with Crippen molar-refractivity contribution >= 4 is 0 Å². The van der Waals surface area contributed by atoms with Crippen LogP contribution in [0.5, 0.6) is 0 Å². The van der Waals surface area contributed by atoms with Crippen molar-refractivity contribution in [2.75, 3.05) is 0 Å². The van der Waals surface area contributed by atoms with Crippen LogP contribution in [0, 0.1) is 13.8 Å². The number of imidazole rings is 1. The van der Waals surface area contributed by atoms with Crippen molar-refractivity contribution < 1.29 is 4.42 Å². The first kappa shape index (κ1) is 7.09. The number of oxazole rings is 1. The highest BCUT2D eigenvalue weighted by atomic mass is 16.3. The Hall–Kier alpha value is -1.58. The molecule has 0 atom stereocenters. The highest BCUT2D eigenvalue weighted by molar-refractivity contribution is 5.47. The molecule has 12 heavy (non-hydrogen) atoms. The number of nitrogens with zero attached hydrogens (tertiary/aromatic N) is 2. The second kappa shape index (κ2) is 2.48. The smallest absolute Gasteiger partial charge is 0.191 e. The topological polar surface area (TPSA) is 54.7 Å². The number of hydrogen-bond donors (Lipinski definition) is 1. The van der Waals surface area contributed by atoms with Crippen molar-refractivity contribution in [3.63, 3.8) is 0 Å². The van der Waals surface area contributed by atoms with Crippen molar-refractivity contribution in [2.45, 2.75) is 13.8 Å². The number of rotatable bonds is 1. The highest BCUT2D eigenvalue weighted by Gasteiger charge is 2.05. The SMILES string of the molecule is Cc1cnc(-c2coc(C)n2)[nH]1. The van der Waals surface area contributed by atoms with E-state index in [9.17, 15) is 0 Å². The molecule has 2 rings (SSSR count). The first-order chi connectivity index (χ1) is 5.75. The molecular formula is C8H9N3O. The van der Waals surface area contributed by atoms with E-state index in [1.165, 1.54) is 0 Å². The van der Waals surface area contributed by atoms with E-state index in [2.05, 4.69) is 15.0 Å². The van der Waals surface area contributed by atoms with Gasteiger partial charge in [-0.05, 0) is 6.92 Å². The highest BCUT2D eigenvalue weighted by Crippen LogP contribution is 2.13. The van der Waals surface area contributed by atoms with E-state index >= 15 is 0 Å². The molecule has 1 N–H and O–H groups in total. The fraction of sp³-hybridized carbons (Fsp3) is 0.250. The largest absolute Gasteiger partial charge is 0.449 e. The van der Waals surface area contributed by atoms with Gasteiger partial charge in [0.2, 0.25) is 0 Å². The van der Waals surface area contributed by atoms with Gasteiger partial charge >= 0.3 is 0 Å². The summed E-state index contributed by atoms with van der Waals surface area (Å²) in [6, 6.07) is 0. The minimum atomic E-state index is 0.652. The molecular weight excluding hydrogens is 154 g/mol. The van der Waals surface area contributed by atoms with Gasteiger partial charge < -0.3 is 9.40 Å². The van der Waals surface area contributed by atoms with Crippen molar-refractivity contribution in [1.82, 2.24) is 15.0 Å². The molecule has 2 aromatic heterocycles. The zero-order valence-corrected chi connectivity index (χ0v) is 6.96. The Morgan fingerprint density at radius 1 is 1.42 bits per heavy atom. The van der Waals surface area contributed by atoms with Gasteiger partial charge in [-0.25, -0.2) is 9.97 Å². The molecule has 0 aliphatic rings. The fourth-order valence-electron chi connectivity index (χ4n) is 1.02. The van der Waals surface area contributed by atoms with Gasteiger partial charge in [-0.15, -0.1) is 0 Å². The maximum Gasteiger partial charge on any atom is 0.191 e. The van der Waals surface area contributed by atoms with Gasteiger partial charge in [-0.1, -0.05) is 0 Å². The average molecular weight is 163 g/mol. The number of H-pyrrole nitrogens is 1. The van der Waals surface area contributed by atoms with Crippen LogP contribution in [0.4, 0.5) is 0 Å². The second-order valence-corrected chi connectivity index (χ2v) is 2.67. The van der Waals surface area contributed by atoms with Gasteiger partial charge in [0.15, 0.2) is 11.7 Å². The van der Waals surface area contributed by atoms with Gasteiger partial charge in [0.25, 0.3) is 0 Å². The lowest BCUT2D eigenvalue weighted by molar-refractivity contribution is 0.521. The second-order valence-electron chi connectivity index (χ2n) is 2.67. The summed E-state index contributed by atoms with van der Waals surface area (Å²) in [6.07, 6.45) is 3.35. The van der Waals surface area contributed by atoms with Crippen LogP contribution in [0.3, 0.4) is 0 Å². The standard InChI is InChI=1S/C8H9N3O/c1-5-3-9-8(10-5)7-4-12-6(2)11-7/h3-4H,1-2H3,(H,9,10). The van der Waals surface area contributed by atoms with Crippen molar-refractivity contribution in [2.24, 2.45) is 0 Å². The summed E-state index contributed by atoms with van der Waals surface area (Å²) >= 11 is 0. The summed E-state index contributed by atoms with van der Waals surface area (Å²) in [5.41, 5.74) is 1.77. The lowest BCUT2D eigenvalue weighted by Crippen LogP contribution is -1.80. The molecule has 0 fully saturated rings. The molecule has 0 aliphatic heterocycles. The number of aryl methyl sites for hydroxylation is 2. The molecule has 4 nitrogen and oxygen atoms in total. The van der Waals surface area contributed by atoms with Crippen LogP contribution in [0.2, 0.25) is 0 Å². The lowest BCUT2D eigenvalue weighted by atomic mass is 10.5. The van der Waals surface area contributed by atoms with Crippen LogP contribution in [-0.4, -0.2) is 15.0 Å². The van der Waals surface area contributed by atoms with Crippen LogP contribution in [0.15, 0.2) is 16.9 Å². The quantitative estimate of drug-likeness (QED) is 0.695. The first-order valence-corrected chi connectivity index (χ1v) is 3.70. The summed E-state index contributed by atoms with van der Waals surface area (Å²) in [6.45, 7) is 3.75. The molecule has 0 radical (unpaired) electrons. The summed E-state index contributed by atoms with van der Waals surface area (Å²) in [7, 11) is 0. The molecule has 0 spiro atoms. The Labute approximate surface area is 69.7 Å². The molecule has 0 aromatic carbocycles. The molecule has 2 heterocycles. The van der Waals surface area contributed by atoms with E-state index in [0.29, 0.717) is 5.89 Å². The van der Waals surface area contributed by atoms with E-state index in [0.717, 1.165) is 17.2 Å². The molecule has 4 heteroatoms. The summed E-state index contributed by atoms with van der Waals surface area (Å²) in [5, 5.41) is 0. The summed E-state index contributed by atoms with van der Waals surface area (Å²) in [5.74, 6) is 1.41. The van der Waals surface area contributed by atoms with Crippen LogP contribution in [-0.2, 0) is 0 Å². The molecule has 2 aromatic rings. The monoisotopic (exact) mass is 163 g/mol. The van der Waals surface area contributed by atoms with Crippen LogP contribution < -0.4 is 0 Å². The fourth-order valence-corrected chi connectivity index (χ4v) is 1.02. The third-order valence-corrected chi connectivity index (χ3v) is 1.56. The normalized spacial score (nSPS) is 10.5. The number of hydrogen-bond acceptors (Lipinski definition) is 3. The first-order valence-electron chi connectivity index (χ1n) is 3.70. The van der Waals surface area contributed by atoms with Crippen LogP contribution >= 0.6 is 0 Å². The molecule has 0 saturated carbocycles. The van der Waals surface area contributed by atoms with Gasteiger partial charge in [0, 0.05) is 18.8 Å². The van der Waals surface area contributed by atoms with E-state index in [-0.39, 0.29) is 0 Å². The van der Waals surface area contributed by atoms with Gasteiger partial charge in [-0.3, -0.25) is 0 Å². The van der Waals surface area contributed by atoms with E-state index < -0.39 is 0 Å². The Morgan fingerprint density at radius 2 is 2.25 bits per heavy atom. The molecule has 0 saturated heterocycles. The summed E-state index contributed by atoms with van der Waals surface area (Å²) in [4.78, 5) is 11.3. The molecule has 0 aliphatic carbocycles. The number of aromatic amines is 1. The van der Waals surface area contributed by atoms with E-state index in [1.54, 1.807) is 19.4 Å².